The Labute approximate surface area is 215 Å². The Morgan fingerprint density at radius 1 is 0.972 bits per heavy atom. The number of ether oxygens (including phenoxy) is 1. The van der Waals surface area contributed by atoms with E-state index in [2.05, 4.69) is 12.2 Å². The molecule has 2 aromatic rings. The Morgan fingerprint density at radius 3 is 2.25 bits per heavy atom. The molecule has 36 heavy (non-hydrogen) atoms. The molecule has 0 aliphatic heterocycles. The van der Waals surface area contributed by atoms with Gasteiger partial charge in [-0.05, 0) is 53.5 Å². The van der Waals surface area contributed by atoms with Gasteiger partial charge in [0.15, 0.2) is 5.78 Å². The van der Waals surface area contributed by atoms with Gasteiger partial charge in [-0.15, -0.1) is 0 Å². The molecule has 6 heteroatoms. The minimum atomic E-state index is -1.04. The fourth-order valence-electron chi connectivity index (χ4n) is 4.46. The third-order valence-electron chi connectivity index (χ3n) is 6.41. The standard InChI is InChI=1S/C30H41NO5/c1-7-9-10-12-20(23-15-13-21(18-27(23)36-6)26(32)11-8-2)19-28(33)31-25-17-22(29(34)35)14-16-24(25)30(3,4)5/h13-18,20H,7-12,19H2,1-6H3,(H,31,33)(H,34,35). The normalized spacial score (nSPS) is 12.2. The van der Waals surface area contributed by atoms with Gasteiger partial charge in [-0.25, -0.2) is 4.79 Å². The molecule has 2 rings (SSSR count). The SMILES string of the molecule is CCCCCC(CC(=O)Nc1cc(C(=O)O)ccc1C(C)(C)C)c1ccc(C(=O)CCC)cc1OC. The number of unbranched alkanes of at least 4 members (excludes halogenated alkanes) is 2. The first-order valence-corrected chi connectivity index (χ1v) is 12.9. The van der Waals surface area contributed by atoms with Crippen LogP contribution in [0, 0.1) is 0 Å². The van der Waals surface area contributed by atoms with Crippen LogP contribution in [0.3, 0.4) is 0 Å². The van der Waals surface area contributed by atoms with Crippen LogP contribution in [-0.4, -0.2) is 29.9 Å². The van der Waals surface area contributed by atoms with Crippen LogP contribution in [-0.2, 0) is 10.2 Å². The first-order chi connectivity index (χ1) is 17.0. The first-order valence-electron chi connectivity index (χ1n) is 12.9. The average Bonchev–Trinajstić information content (AvgIpc) is 2.82. The van der Waals surface area contributed by atoms with Gasteiger partial charge in [0.1, 0.15) is 5.75 Å². The van der Waals surface area contributed by atoms with Crippen molar-refractivity contribution in [2.45, 2.75) is 90.9 Å². The van der Waals surface area contributed by atoms with Crippen molar-refractivity contribution in [1.29, 1.82) is 0 Å². The Kier molecular flexibility index (Phi) is 10.7. The number of carboxylic acid groups (broad SMARTS) is 1. The molecular weight excluding hydrogens is 454 g/mol. The monoisotopic (exact) mass is 495 g/mol. The summed E-state index contributed by atoms with van der Waals surface area (Å²) in [7, 11) is 1.59. The van der Waals surface area contributed by atoms with Crippen LogP contribution in [0.15, 0.2) is 36.4 Å². The number of nitrogens with one attached hydrogen (secondary N) is 1. The molecular formula is C30H41NO5. The van der Waals surface area contributed by atoms with E-state index in [1.54, 1.807) is 25.3 Å². The minimum Gasteiger partial charge on any atom is -0.496 e. The first kappa shape index (κ1) is 29.1. The number of methoxy groups -OCH3 is 1. The van der Waals surface area contributed by atoms with Crippen LogP contribution in [0.5, 0.6) is 5.75 Å². The molecule has 0 radical (unpaired) electrons. The van der Waals surface area contributed by atoms with Crippen molar-refractivity contribution in [2.24, 2.45) is 0 Å². The summed E-state index contributed by atoms with van der Waals surface area (Å²) in [5.41, 5.74) is 2.78. The smallest absolute Gasteiger partial charge is 0.335 e. The van der Waals surface area contributed by atoms with Crippen molar-refractivity contribution in [3.63, 3.8) is 0 Å². The lowest BCUT2D eigenvalue weighted by atomic mass is 9.84. The fraction of sp³-hybridized carbons (Fsp3) is 0.500. The maximum atomic E-state index is 13.3. The molecule has 0 bridgehead atoms. The molecule has 0 fully saturated rings. The number of rotatable bonds is 13. The van der Waals surface area contributed by atoms with Gasteiger partial charge in [-0.3, -0.25) is 9.59 Å². The summed E-state index contributed by atoms with van der Waals surface area (Å²) in [5.74, 6) is -0.615. The molecule has 1 amide bonds. The number of anilines is 1. The highest BCUT2D eigenvalue weighted by atomic mass is 16.5. The highest BCUT2D eigenvalue weighted by Crippen LogP contribution is 2.36. The lowest BCUT2D eigenvalue weighted by Gasteiger charge is -2.25. The Bertz CT molecular complexity index is 1070. The van der Waals surface area contributed by atoms with Gasteiger partial charge < -0.3 is 15.2 Å². The quantitative estimate of drug-likeness (QED) is 0.224. The zero-order valence-electron chi connectivity index (χ0n) is 22.6. The van der Waals surface area contributed by atoms with Crippen molar-refractivity contribution < 1.29 is 24.2 Å². The van der Waals surface area contributed by atoms with Crippen molar-refractivity contribution >= 4 is 23.3 Å². The van der Waals surface area contributed by atoms with Gasteiger partial charge in [-0.1, -0.05) is 72.1 Å². The second kappa shape index (κ2) is 13.2. The van der Waals surface area contributed by atoms with E-state index in [0.29, 0.717) is 23.4 Å². The average molecular weight is 496 g/mol. The third-order valence-corrected chi connectivity index (χ3v) is 6.41. The van der Waals surface area contributed by atoms with E-state index >= 15 is 0 Å². The van der Waals surface area contributed by atoms with Gasteiger partial charge >= 0.3 is 5.97 Å². The van der Waals surface area contributed by atoms with Crippen LogP contribution in [0.1, 0.15) is 117 Å². The van der Waals surface area contributed by atoms with Crippen LogP contribution < -0.4 is 10.1 Å². The highest BCUT2D eigenvalue weighted by Gasteiger charge is 2.24. The van der Waals surface area contributed by atoms with Crippen molar-refractivity contribution in [3.05, 3.63) is 58.7 Å². The summed E-state index contributed by atoms with van der Waals surface area (Å²) in [6.07, 6.45) is 5.39. The van der Waals surface area contributed by atoms with E-state index in [1.165, 1.54) is 6.07 Å². The lowest BCUT2D eigenvalue weighted by molar-refractivity contribution is -0.116. The molecule has 0 aliphatic carbocycles. The molecule has 1 atom stereocenters. The number of Topliss-reactive ketones (excluding diaryl/α,β-unsaturated/α-hetero) is 1. The number of hydrogen-bond acceptors (Lipinski definition) is 4. The summed E-state index contributed by atoms with van der Waals surface area (Å²) < 4.78 is 5.66. The number of aromatic carboxylic acids is 1. The van der Waals surface area contributed by atoms with Gasteiger partial charge in [-0.2, -0.15) is 0 Å². The number of carbonyl (C=O) groups excluding carboxylic acids is 2. The largest absolute Gasteiger partial charge is 0.496 e. The number of carbonyl (C=O) groups is 3. The Hall–Kier alpha value is -3.15. The summed E-state index contributed by atoms with van der Waals surface area (Å²) >= 11 is 0. The topological polar surface area (TPSA) is 92.7 Å². The van der Waals surface area contributed by atoms with E-state index < -0.39 is 5.97 Å². The molecule has 0 aliphatic rings. The molecule has 0 spiro atoms. The molecule has 0 saturated heterocycles. The fourth-order valence-corrected chi connectivity index (χ4v) is 4.46. The van der Waals surface area contributed by atoms with Crippen LogP contribution in [0.25, 0.3) is 0 Å². The second-order valence-electron chi connectivity index (χ2n) is 10.4. The molecule has 0 heterocycles. The zero-order chi connectivity index (χ0) is 26.9. The maximum Gasteiger partial charge on any atom is 0.335 e. The summed E-state index contributed by atoms with van der Waals surface area (Å²) in [5, 5.41) is 12.4. The second-order valence-corrected chi connectivity index (χ2v) is 10.4. The number of benzene rings is 2. The molecule has 0 aromatic heterocycles. The van der Waals surface area contributed by atoms with Crippen LogP contribution in [0.4, 0.5) is 5.69 Å². The van der Waals surface area contributed by atoms with Gasteiger partial charge in [0, 0.05) is 24.1 Å². The summed E-state index contributed by atoms with van der Waals surface area (Å²) in [4.78, 5) is 37.3. The van der Waals surface area contributed by atoms with Crippen molar-refractivity contribution in [2.75, 3.05) is 12.4 Å². The summed E-state index contributed by atoms with van der Waals surface area (Å²) in [6, 6.07) is 10.4. The lowest BCUT2D eigenvalue weighted by Crippen LogP contribution is -2.21. The highest BCUT2D eigenvalue weighted by molar-refractivity contribution is 5.97. The maximum absolute atomic E-state index is 13.3. The molecule has 0 saturated carbocycles. The van der Waals surface area contributed by atoms with Crippen molar-refractivity contribution in [1.82, 2.24) is 0 Å². The predicted octanol–water partition coefficient (Wildman–Crippen LogP) is 7.37. The molecule has 1 unspecified atom stereocenters. The molecule has 6 nitrogen and oxygen atoms in total. The van der Waals surface area contributed by atoms with Gasteiger partial charge in [0.25, 0.3) is 0 Å². The number of ketones is 1. The molecule has 196 valence electrons. The van der Waals surface area contributed by atoms with Crippen LogP contribution >= 0.6 is 0 Å². The van der Waals surface area contributed by atoms with E-state index in [1.807, 2.05) is 39.8 Å². The van der Waals surface area contributed by atoms with E-state index in [-0.39, 0.29) is 35.0 Å². The summed E-state index contributed by atoms with van der Waals surface area (Å²) in [6.45, 7) is 10.2. The third kappa shape index (κ3) is 7.94. The Balaban J connectivity index is 2.37. The van der Waals surface area contributed by atoms with Crippen LogP contribution in [0.2, 0.25) is 0 Å². The number of amides is 1. The van der Waals surface area contributed by atoms with Gasteiger partial charge in [0.05, 0.1) is 12.7 Å². The molecule has 2 aromatic carbocycles. The number of carboxylic acids is 1. The van der Waals surface area contributed by atoms with E-state index in [0.717, 1.165) is 43.2 Å². The van der Waals surface area contributed by atoms with E-state index in [4.69, 9.17) is 4.74 Å². The van der Waals surface area contributed by atoms with Gasteiger partial charge in [0.2, 0.25) is 5.91 Å². The Morgan fingerprint density at radius 2 is 1.67 bits per heavy atom. The van der Waals surface area contributed by atoms with E-state index in [9.17, 15) is 19.5 Å². The zero-order valence-corrected chi connectivity index (χ0v) is 22.6. The molecule has 2 N–H and O–H groups in total. The minimum absolute atomic E-state index is 0.0793. The number of hydrogen-bond donors (Lipinski definition) is 2. The van der Waals surface area contributed by atoms with Crippen molar-refractivity contribution in [3.8, 4) is 5.75 Å². The predicted molar refractivity (Wildman–Crippen MR) is 144 cm³/mol.